The number of amides is 2. The fraction of sp³-hybridized carbons (Fsp3) is 0.250. The molecule has 0 radical (unpaired) electrons. The molecule has 0 fully saturated rings. The Morgan fingerprint density at radius 1 is 1.16 bits per heavy atom. The Morgan fingerprint density at radius 3 is 2.84 bits per heavy atom. The minimum absolute atomic E-state index is 0.0254. The molecule has 128 valence electrons. The number of aromatic nitrogens is 1. The Balaban J connectivity index is 1.55. The zero-order valence-corrected chi connectivity index (χ0v) is 13.9. The zero-order valence-electron chi connectivity index (χ0n) is 13.9. The molecule has 3 rings (SSSR count). The molecular weight excluding hydrogens is 314 g/mol. The number of nitrogens with zero attached hydrogens (tertiary/aromatic N) is 1. The zero-order chi connectivity index (χ0) is 17.5. The van der Waals surface area contributed by atoms with Crippen molar-refractivity contribution in [2.75, 3.05) is 5.32 Å². The van der Waals surface area contributed by atoms with E-state index in [1.165, 1.54) is 0 Å². The molecule has 2 amide bonds. The summed E-state index contributed by atoms with van der Waals surface area (Å²) in [7, 11) is 0. The van der Waals surface area contributed by atoms with Gasteiger partial charge in [-0.05, 0) is 49.1 Å². The number of carbonyl (C=O) groups is 2. The van der Waals surface area contributed by atoms with Gasteiger partial charge in [-0.25, -0.2) is 0 Å². The molecule has 0 saturated heterocycles. The molecule has 0 spiro atoms. The van der Waals surface area contributed by atoms with Gasteiger partial charge in [-0.1, -0.05) is 24.3 Å². The van der Waals surface area contributed by atoms with E-state index in [9.17, 15) is 9.59 Å². The number of rotatable bonds is 6. The molecule has 0 saturated carbocycles. The summed E-state index contributed by atoms with van der Waals surface area (Å²) in [4.78, 5) is 28.6. The maximum absolute atomic E-state index is 12.3. The van der Waals surface area contributed by atoms with Crippen molar-refractivity contribution in [1.29, 1.82) is 0 Å². The van der Waals surface area contributed by atoms with Crippen LogP contribution in [0, 0.1) is 5.92 Å². The van der Waals surface area contributed by atoms with Gasteiger partial charge in [0.2, 0.25) is 5.91 Å². The lowest BCUT2D eigenvalue weighted by Gasteiger charge is -2.10. The van der Waals surface area contributed by atoms with Crippen molar-refractivity contribution in [1.82, 2.24) is 10.3 Å². The van der Waals surface area contributed by atoms with E-state index in [0.717, 1.165) is 18.5 Å². The first kappa shape index (κ1) is 16.9. The number of benzene rings is 1. The highest BCUT2D eigenvalue weighted by molar-refractivity contribution is 5.97. The molecule has 1 aliphatic rings. The first-order valence-electron chi connectivity index (χ1n) is 8.45. The number of pyridine rings is 1. The predicted octanol–water partition coefficient (Wildman–Crippen LogP) is 3.31. The fourth-order valence-electron chi connectivity index (χ4n) is 2.83. The highest BCUT2D eigenvalue weighted by Gasteiger charge is 2.14. The van der Waals surface area contributed by atoms with Gasteiger partial charge in [0, 0.05) is 23.9 Å². The van der Waals surface area contributed by atoms with Crippen molar-refractivity contribution in [2.45, 2.75) is 25.8 Å². The van der Waals surface area contributed by atoms with E-state index < -0.39 is 0 Å². The molecule has 2 aromatic rings. The third-order valence-electron chi connectivity index (χ3n) is 4.12. The van der Waals surface area contributed by atoms with Crippen LogP contribution in [-0.2, 0) is 11.3 Å². The van der Waals surface area contributed by atoms with Gasteiger partial charge in [-0.15, -0.1) is 0 Å². The summed E-state index contributed by atoms with van der Waals surface area (Å²) < 4.78 is 0. The average Bonchev–Trinajstić information content (AvgIpc) is 3.13. The summed E-state index contributed by atoms with van der Waals surface area (Å²) in [6, 6.07) is 12.5. The van der Waals surface area contributed by atoms with Crippen molar-refractivity contribution in [3.05, 3.63) is 72.1 Å². The van der Waals surface area contributed by atoms with Crippen LogP contribution in [-0.4, -0.2) is 16.8 Å². The Labute approximate surface area is 147 Å². The Bertz CT molecular complexity index is 772. The largest absolute Gasteiger partial charge is 0.346 e. The van der Waals surface area contributed by atoms with Crippen molar-refractivity contribution in [3.63, 3.8) is 0 Å². The van der Waals surface area contributed by atoms with Gasteiger partial charge in [-0.2, -0.15) is 0 Å². The standard InChI is InChI=1S/C20H21N3O2/c24-19(12-15-6-1-2-7-15)23-17-10-5-8-16(13-17)20(25)22-14-18-9-3-4-11-21-18/h1,3-6,8-11,13,15H,2,7,12,14H2,(H,22,25)(H,23,24)/t15-/m0/s1. The average molecular weight is 335 g/mol. The summed E-state index contributed by atoms with van der Waals surface area (Å²) in [5, 5.41) is 5.70. The van der Waals surface area contributed by atoms with Crippen LogP contribution in [0.5, 0.6) is 0 Å². The number of hydrogen-bond acceptors (Lipinski definition) is 3. The summed E-state index contributed by atoms with van der Waals surface area (Å²) >= 11 is 0. The Kier molecular flexibility index (Phi) is 5.57. The molecule has 1 aromatic carbocycles. The van der Waals surface area contributed by atoms with Crippen molar-refractivity contribution in [3.8, 4) is 0 Å². The molecule has 1 heterocycles. The van der Waals surface area contributed by atoms with Crippen LogP contribution in [0.15, 0.2) is 60.8 Å². The Morgan fingerprint density at radius 2 is 2.08 bits per heavy atom. The van der Waals surface area contributed by atoms with Crippen molar-refractivity contribution in [2.24, 2.45) is 5.92 Å². The molecular formula is C20H21N3O2. The van der Waals surface area contributed by atoms with Gasteiger partial charge >= 0.3 is 0 Å². The summed E-state index contributed by atoms with van der Waals surface area (Å²) in [5.41, 5.74) is 1.94. The first-order valence-corrected chi connectivity index (χ1v) is 8.45. The molecule has 2 N–H and O–H groups in total. The minimum Gasteiger partial charge on any atom is -0.346 e. The lowest BCUT2D eigenvalue weighted by molar-refractivity contribution is -0.116. The van der Waals surface area contributed by atoms with Crippen molar-refractivity contribution >= 4 is 17.5 Å². The number of hydrogen-bond donors (Lipinski definition) is 2. The number of nitrogens with one attached hydrogen (secondary N) is 2. The third kappa shape index (κ3) is 5.01. The Hall–Kier alpha value is -2.95. The molecule has 25 heavy (non-hydrogen) atoms. The maximum atomic E-state index is 12.3. The SMILES string of the molecule is O=C(C[C@H]1C=CCC1)Nc1cccc(C(=O)NCc2ccccn2)c1. The molecule has 5 heteroatoms. The predicted molar refractivity (Wildman–Crippen MR) is 97.0 cm³/mol. The van der Waals surface area contributed by atoms with Gasteiger partial charge in [0.15, 0.2) is 0 Å². The van der Waals surface area contributed by atoms with E-state index in [1.54, 1.807) is 30.5 Å². The van der Waals surface area contributed by atoms with Gasteiger partial charge in [0.25, 0.3) is 5.91 Å². The number of carbonyl (C=O) groups excluding carboxylic acids is 2. The molecule has 1 aliphatic carbocycles. The maximum Gasteiger partial charge on any atom is 0.251 e. The molecule has 1 atom stereocenters. The second-order valence-corrected chi connectivity index (χ2v) is 6.10. The van der Waals surface area contributed by atoms with Gasteiger partial charge in [0.05, 0.1) is 12.2 Å². The van der Waals surface area contributed by atoms with Crippen LogP contribution in [0.3, 0.4) is 0 Å². The molecule has 0 aliphatic heterocycles. The van der Waals surface area contributed by atoms with Crippen LogP contribution >= 0.6 is 0 Å². The second kappa shape index (κ2) is 8.24. The van der Waals surface area contributed by atoms with Gasteiger partial charge in [0.1, 0.15) is 0 Å². The van der Waals surface area contributed by atoms with Crippen LogP contribution in [0.2, 0.25) is 0 Å². The van der Waals surface area contributed by atoms with E-state index in [1.807, 2.05) is 18.2 Å². The molecule has 0 unspecified atom stereocenters. The molecule has 0 bridgehead atoms. The summed E-state index contributed by atoms with van der Waals surface area (Å²) in [5.74, 6) is 0.105. The number of anilines is 1. The van der Waals surface area contributed by atoms with Crippen LogP contribution in [0.4, 0.5) is 5.69 Å². The first-order chi connectivity index (χ1) is 12.2. The van der Waals surface area contributed by atoms with Crippen LogP contribution < -0.4 is 10.6 Å². The van der Waals surface area contributed by atoms with E-state index in [-0.39, 0.29) is 11.8 Å². The smallest absolute Gasteiger partial charge is 0.251 e. The monoisotopic (exact) mass is 335 g/mol. The van der Waals surface area contributed by atoms with E-state index >= 15 is 0 Å². The van der Waals surface area contributed by atoms with E-state index in [0.29, 0.717) is 30.1 Å². The highest BCUT2D eigenvalue weighted by Crippen LogP contribution is 2.21. The lowest BCUT2D eigenvalue weighted by atomic mass is 10.0. The molecule has 5 nitrogen and oxygen atoms in total. The number of allylic oxidation sites excluding steroid dienone is 2. The summed E-state index contributed by atoms with van der Waals surface area (Å²) in [6.07, 6.45) is 8.46. The minimum atomic E-state index is -0.194. The van der Waals surface area contributed by atoms with E-state index in [4.69, 9.17) is 0 Å². The molecule has 1 aromatic heterocycles. The topological polar surface area (TPSA) is 71.1 Å². The van der Waals surface area contributed by atoms with Crippen molar-refractivity contribution < 1.29 is 9.59 Å². The van der Waals surface area contributed by atoms with Gasteiger partial charge in [-0.3, -0.25) is 14.6 Å². The fourth-order valence-corrected chi connectivity index (χ4v) is 2.83. The third-order valence-corrected chi connectivity index (χ3v) is 4.12. The van der Waals surface area contributed by atoms with E-state index in [2.05, 4.69) is 27.8 Å². The summed E-state index contributed by atoms with van der Waals surface area (Å²) in [6.45, 7) is 0.365. The quantitative estimate of drug-likeness (QED) is 0.796. The van der Waals surface area contributed by atoms with Crippen LogP contribution in [0.1, 0.15) is 35.3 Å². The van der Waals surface area contributed by atoms with Crippen LogP contribution in [0.25, 0.3) is 0 Å². The highest BCUT2D eigenvalue weighted by atomic mass is 16.2. The normalized spacial score (nSPS) is 15.8. The second-order valence-electron chi connectivity index (χ2n) is 6.10. The lowest BCUT2D eigenvalue weighted by Crippen LogP contribution is -2.23. The van der Waals surface area contributed by atoms with Gasteiger partial charge < -0.3 is 10.6 Å².